The zero-order chi connectivity index (χ0) is 19.4. The molecular weight excluding hydrogens is 380 g/mol. The van der Waals surface area contributed by atoms with Gasteiger partial charge in [-0.2, -0.15) is 0 Å². The molecule has 0 spiro atoms. The molecule has 0 radical (unpaired) electrons. The normalized spacial score (nSPS) is 24.1. The third-order valence-electron chi connectivity index (χ3n) is 6.09. The molecule has 150 valence electrons. The van der Waals surface area contributed by atoms with E-state index in [0.29, 0.717) is 29.9 Å². The monoisotopic (exact) mass is 410 g/mol. The molecule has 3 fully saturated rings. The average Bonchev–Trinajstić information content (AvgIpc) is 3.35. The van der Waals surface area contributed by atoms with E-state index in [4.69, 9.17) is 24.4 Å². The Labute approximate surface area is 172 Å². The molecule has 1 aliphatic heterocycles. The summed E-state index contributed by atoms with van der Waals surface area (Å²) < 4.78 is 0. The SMILES string of the molecule is C[C@H]1CN(C(=S)NC(=O)C2CCCC2)CCN1C(=S)NC(=O)C1CCCC1. The number of hydrogen-bond donors (Lipinski definition) is 2. The second-order valence-electron chi connectivity index (χ2n) is 8.04. The first kappa shape index (κ1) is 20.5. The van der Waals surface area contributed by atoms with Crippen LogP contribution in [0.3, 0.4) is 0 Å². The predicted octanol–water partition coefficient (Wildman–Crippen LogP) is 2.18. The van der Waals surface area contributed by atoms with E-state index in [9.17, 15) is 9.59 Å². The summed E-state index contributed by atoms with van der Waals surface area (Å²) in [6, 6.07) is 0.122. The van der Waals surface area contributed by atoms with Crippen LogP contribution in [0.4, 0.5) is 0 Å². The number of carbonyl (C=O) groups is 2. The zero-order valence-corrected chi connectivity index (χ0v) is 17.7. The summed E-state index contributed by atoms with van der Waals surface area (Å²) in [5, 5.41) is 6.88. The highest BCUT2D eigenvalue weighted by Crippen LogP contribution is 2.25. The fourth-order valence-electron chi connectivity index (χ4n) is 4.39. The van der Waals surface area contributed by atoms with E-state index in [1.54, 1.807) is 0 Å². The highest BCUT2D eigenvalue weighted by Gasteiger charge is 2.31. The first-order valence-corrected chi connectivity index (χ1v) is 11.0. The molecule has 2 N–H and O–H groups in total. The van der Waals surface area contributed by atoms with Crippen molar-refractivity contribution in [3.63, 3.8) is 0 Å². The van der Waals surface area contributed by atoms with Gasteiger partial charge in [0.05, 0.1) is 0 Å². The van der Waals surface area contributed by atoms with Crippen LogP contribution in [0.25, 0.3) is 0 Å². The maximum atomic E-state index is 12.3. The second-order valence-corrected chi connectivity index (χ2v) is 8.81. The Morgan fingerprint density at radius 2 is 1.30 bits per heavy atom. The molecule has 2 amide bonds. The Morgan fingerprint density at radius 3 is 1.78 bits per heavy atom. The summed E-state index contributed by atoms with van der Waals surface area (Å²) in [5.74, 6) is 0.344. The molecular formula is C19H30N4O2S2. The highest BCUT2D eigenvalue weighted by molar-refractivity contribution is 7.80. The van der Waals surface area contributed by atoms with Crippen LogP contribution in [0.15, 0.2) is 0 Å². The molecule has 1 saturated heterocycles. The third-order valence-corrected chi connectivity index (χ3v) is 6.78. The van der Waals surface area contributed by atoms with E-state index in [-0.39, 0.29) is 29.7 Å². The third kappa shape index (κ3) is 5.16. The Kier molecular flexibility index (Phi) is 7.03. The number of hydrogen-bond acceptors (Lipinski definition) is 4. The minimum atomic E-state index is 0.0616. The lowest BCUT2D eigenvalue weighted by molar-refractivity contribution is -0.124. The molecule has 0 aromatic rings. The maximum absolute atomic E-state index is 12.3. The van der Waals surface area contributed by atoms with Gasteiger partial charge in [-0.25, -0.2) is 0 Å². The van der Waals surface area contributed by atoms with Gasteiger partial charge in [0.15, 0.2) is 10.2 Å². The summed E-state index contributed by atoms with van der Waals surface area (Å²) in [7, 11) is 0. The molecule has 3 aliphatic rings. The molecule has 2 aliphatic carbocycles. The van der Waals surface area contributed by atoms with Crippen molar-refractivity contribution < 1.29 is 9.59 Å². The smallest absolute Gasteiger partial charge is 0.229 e. The van der Waals surface area contributed by atoms with E-state index in [1.807, 2.05) is 4.90 Å². The second kappa shape index (κ2) is 9.28. The summed E-state index contributed by atoms with van der Waals surface area (Å²) in [4.78, 5) is 28.7. The van der Waals surface area contributed by atoms with Gasteiger partial charge >= 0.3 is 0 Å². The van der Waals surface area contributed by atoms with E-state index in [1.165, 1.54) is 0 Å². The Bertz CT molecular complexity index is 601. The van der Waals surface area contributed by atoms with Gasteiger partial charge in [0, 0.05) is 37.5 Å². The summed E-state index contributed by atoms with van der Waals surface area (Å²) in [6.07, 6.45) is 8.38. The lowest BCUT2D eigenvalue weighted by Gasteiger charge is -2.42. The van der Waals surface area contributed by atoms with Crippen molar-refractivity contribution >= 4 is 46.5 Å². The standard InChI is InChI=1S/C19H30N4O2S2/c1-13-12-22(18(26)20-16(24)14-6-2-3-7-14)10-11-23(13)19(27)21-17(25)15-8-4-5-9-15/h13-15H,2-12H2,1H3,(H,20,24,26)(H,21,25,27)/t13-/m0/s1. The molecule has 1 atom stereocenters. The maximum Gasteiger partial charge on any atom is 0.229 e. The van der Waals surface area contributed by atoms with Crippen LogP contribution in [-0.2, 0) is 9.59 Å². The number of amides is 2. The Hall–Kier alpha value is -1.28. The van der Waals surface area contributed by atoms with Crippen molar-refractivity contribution in [2.24, 2.45) is 11.8 Å². The summed E-state index contributed by atoms with van der Waals surface area (Å²) >= 11 is 10.9. The number of rotatable bonds is 2. The minimum Gasteiger partial charge on any atom is -0.345 e. The number of nitrogens with zero attached hydrogens (tertiary/aromatic N) is 2. The highest BCUT2D eigenvalue weighted by atomic mass is 32.1. The molecule has 0 bridgehead atoms. The fourth-order valence-corrected chi connectivity index (χ4v) is 5.02. The average molecular weight is 411 g/mol. The molecule has 0 aromatic heterocycles. The largest absolute Gasteiger partial charge is 0.345 e. The first-order valence-electron chi connectivity index (χ1n) is 10.2. The topological polar surface area (TPSA) is 64.7 Å². The molecule has 27 heavy (non-hydrogen) atoms. The van der Waals surface area contributed by atoms with Gasteiger partial charge in [-0.1, -0.05) is 25.7 Å². The Balaban J connectivity index is 1.46. The van der Waals surface area contributed by atoms with Gasteiger partial charge in [-0.3, -0.25) is 9.59 Å². The van der Waals surface area contributed by atoms with Crippen molar-refractivity contribution in [1.29, 1.82) is 0 Å². The van der Waals surface area contributed by atoms with Crippen molar-refractivity contribution in [2.75, 3.05) is 19.6 Å². The lowest BCUT2D eigenvalue weighted by atomic mass is 10.1. The van der Waals surface area contributed by atoms with Gasteiger partial charge in [0.2, 0.25) is 11.8 Å². The number of thiocarbonyl (C=S) groups is 2. The van der Waals surface area contributed by atoms with Crippen LogP contribution in [-0.4, -0.2) is 57.5 Å². The van der Waals surface area contributed by atoms with Gasteiger partial charge in [0.1, 0.15) is 0 Å². The van der Waals surface area contributed by atoms with Gasteiger partial charge in [-0.05, 0) is 57.0 Å². The molecule has 0 unspecified atom stereocenters. The zero-order valence-electron chi connectivity index (χ0n) is 16.0. The molecule has 3 rings (SSSR count). The van der Waals surface area contributed by atoms with E-state index < -0.39 is 0 Å². The van der Waals surface area contributed by atoms with E-state index >= 15 is 0 Å². The first-order chi connectivity index (χ1) is 13.0. The number of nitrogens with one attached hydrogen (secondary N) is 2. The predicted molar refractivity (Wildman–Crippen MR) is 113 cm³/mol. The lowest BCUT2D eigenvalue weighted by Crippen LogP contribution is -2.60. The van der Waals surface area contributed by atoms with Crippen LogP contribution in [0, 0.1) is 11.8 Å². The number of piperazine rings is 1. The molecule has 2 saturated carbocycles. The van der Waals surface area contributed by atoms with Crippen molar-refractivity contribution in [3.05, 3.63) is 0 Å². The van der Waals surface area contributed by atoms with Crippen molar-refractivity contribution in [3.8, 4) is 0 Å². The molecule has 0 aromatic carbocycles. The number of carbonyl (C=O) groups excluding carboxylic acids is 2. The summed E-state index contributed by atoms with van der Waals surface area (Å²) in [5.41, 5.74) is 0. The molecule has 6 nitrogen and oxygen atoms in total. The van der Waals surface area contributed by atoms with Crippen LogP contribution in [0.5, 0.6) is 0 Å². The van der Waals surface area contributed by atoms with Gasteiger partial charge in [-0.15, -0.1) is 0 Å². The minimum absolute atomic E-state index is 0.0616. The Morgan fingerprint density at radius 1 is 0.815 bits per heavy atom. The van der Waals surface area contributed by atoms with Crippen LogP contribution >= 0.6 is 24.4 Å². The van der Waals surface area contributed by atoms with E-state index in [2.05, 4.69) is 22.5 Å². The van der Waals surface area contributed by atoms with Gasteiger partial charge < -0.3 is 20.4 Å². The van der Waals surface area contributed by atoms with Crippen LogP contribution in [0.2, 0.25) is 0 Å². The van der Waals surface area contributed by atoms with Crippen LogP contribution in [0.1, 0.15) is 58.3 Å². The van der Waals surface area contributed by atoms with E-state index in [0.717, 1.165) is 51.4 Å². The fraction of sp³-hybridized carbons (Fsp3) is 0.789. The summed E-state index contributed by atoms with van der Waals surface area (Å²) in [6.45, 7) is 4.13. The molecule has 8 heteroatoms. The van der Waals surface area contributed by atoms with Gasteiger partial charge in [0.25, 0.3) is 0 Å². The van der Waals surface area contributed by atoms with Crippen LogP contribution < -0.4 is 10.6 Å². The molecule has 1 heterocycles. The van der Waals surface area contributed by atoms with Crippen molar-refractivity contribution in [1.82, 2.24) is 20.4 Å². The quantitative estimate of drug-likeness (QED) is 0.681. The van der Waals surface area contributed by atoms with Crippen molar-refractivity contribution in [2.45, 2.75) is 64.3 Å².